The van der Waals surface area contributed by atoms with E-state index in [1.165, 1.54) is 4.31 Å². The smallest absolute Gasteiger partial charge is 0.248 e. The molecule has 2 aromatic rings. The first-order valence-electron chi connectivity index (χ1n) is 9.94. The van der Waals surface area contributed by atoms with Crippen molar-refractivity contribution in [3.63, 3.8) is 0 Å². The molecule has 0 saturated carbocycles. The molecule has 0 aliphatic carbocycles. The van der Waals surface area contributed by atoms with E-state index in [0.717, 1.165) is 34.2 Å². The van der Waals surface area contributed by atoms with E-state index in [1.807, 2.05) is 58.0 Å². The number of carbonyl (C=O) groups excluding carboxylic acids is 1. The molecular weight excluding hydrogens is 384 g/mol. The molecule has 2 aromatic carbocycles. The lowest BCUT2D eigenvalue weighted by atomic mass is 9.98. The van der Waals surface area contributed by atoms with E-state index in [-0.39, 0.29) is 11.8 Å². The van der Waals surface area contributed by atoms with E-state index >= 15 is 0 Å². The SMILES string of the molecule is CCC(C(=O)Nc1c(C)cccc1C(C)C)N(c1ccc(C)c(C)c1)S(C)(=O)=O. The van der Waals surface area contributed by atoms with Gasteiger partial charge in [0.25, 0.3) is 0 Å². The molecule has 1 N–H and O–H groups in total. The molecule has 0 aliphatic heterocycles. The van der Waals surface area contributed by atoms with Crippen LogP contribution in [-0.4, -0.2) is 26.6 Å². The number of benzene rings is 2. The van der Waals surface area contributed by atoms with Crippen molar-refractivity contribution in [2.75, 3.05) is 15.9 Å². The van der Waals surface area contributed by atoms with Crippen LogP contribution in [0.15, 0.2) is 36.4 Å². The van der Waals surface area contributed by atoms with Gasteiger partial charge in [0.1, 0.15) is 6.04 Å². The Hall–Kier alpha value is -2.34. The van der Waals surface area contributed by atoms with Crippen LogP contribution in [0.1, 0.15) is 55.4 Å². The van der Waals surface area contributed by atoms with Crippen LogP contribution >= 0.6 is 0 Å². The van der Waals surface area contributed by atoms with Crippen LogP contribution < -0.4 is 9.62 Å². The lowest BCUT2D eigenvalue weighted by Crippen LogP contribution is -2.47. The number of sulfonamides is 1. The van der Waals surface area contributed by atoms with Gasteiger partial charge in [0, 0.05) is 5.69 Å². The summed E-state index contributed by atoms with van der Waals surface area (Å²) in [4.78, 5) is 13.3. The molecule has 6 heteroatoms. The third-order valence-electron chi connectivity index (χ3n) is 5.25. The molecule has 5 nitrogen and oxygen atoms in total. The number of nitrogens with zero attached hydrogens (tertiary/aromatic N) is 1. The Bertz CT molecular complexity index is 997. The first-order valence-corrected chi connectivity index (χ1v) is 11.8. The standard InChI is InChI=1S/C23H32N2O3S/c1-8-21(23(26)24-22-17(5)10-9-11-20(22)15(2)3)25(29(7,27)28)19-13-12-16(4)18(6)14-19/h9-15,21H,8H2,1-7H3,(H,24,26). The molecule has 0 bridgehead atoms. The maximum Gasteiger partial charge on any atom is 0.248 e. The highest BCUT2D eigenvalue weighted by atomic mass is 32.2. The Morgan fingerprint density at radius 3 is 2.21 bits per heavy atom. The van der Waals surface area contributed by atoms with Crippen molar-refractivity contribution in [1.29, 1.82) is 0 Å². The first-order chi connectivity index (χ1) is 13.5. The number of rotatable bonds is 7. The van der Waals surface area contributed by atoms with Gasteiger partial charge in [0.15, 0.2) is 0 Å². The summed E-state index contributed by atoms with van der Waals surface area (Å²) >= 11 is 0. The molecule has 0 aromatic heterocycles. The fourth-order valence-corrected chi connectivity index (χ4v) is 4.68. The number of aryl methyl sites for hydroxylation is 3. The zero-order valence-corrected chi connectivity index (χ0v) is 19.2. The van der Waals surface area contributed by atoms with Gasteiger partial charge in [-0.1, -0.05) is 45.0 Å². The molecule has 2 rings (SSSR count). The predicted molar refractivity (Wildman–Crippen MR) is 121 cm³/mol. The molecule has 0 fully saturated rings. The zero-order valence-electron chi connectivity index (χ0n) is 18.4. The number of hydrogen-bond donors (Lipinski definition) is 1. The van der Waals surface area contributed by atoms with Gasteiger partial charge in [-0.05, 0) is 67.5 Å². The average molecular weight is 417 g/mol. The highest BCUT2D eigenvalue weighted by Crippen LogP contribution is 2.29. The Morgan fingerprint density at radius 1 is 1.03 bits per heavy atom. The highest BCUT2D eigenvalue weighted by molar-refractivity contribution is 7.92. The third-order valence-corrected chi connectivity index (χ3v) is 6.43. The van der Waals surface area contributed by atoms with Gasteiger partial charge in [0.2, 0.25) is 15.9 Å². The maximum absolute atomic E-state index is 13.3. The number of nitrogens with one attached hydrogen (secondary N) is 1. The van der Waals surface area contributed by atoms with Gasteiger partial charge in [0.05, 0.1) is 11.9 Å². The normalized spacial score (nSPS) is 12.7. The largest absolute Gasteiger partial charge is 0.324 e. The second kappa shape index (κ2) is 8.99. The maximum atomic E-state index is 13.3. The monoisotopic (exact) mass is 416 g/mol. The predicted octanol–water partition coefficient (Wildman–Crippen LogP) is 4.92. The van der Waals surface area contributed by atoms with Crippen LogP contribution in [0.4, 0.5) is 11.4 Å². The first kappa shape index (κ1) is 22.9. The second-order valence-corrected chi connectivity index (χ2v) is 9.79. The summed E-state index contributed by atoms with van der Waals surface area (Å²) < 4.78 is 26.6. The van der Waals surface area contributed by atoms with Gasteiger partial charge in [-0.3, -0.25) is 9.10 Å². The summed E-state index contributed by atoms with van der Waals surface area (Å²) in [6.07, 6.45) is 1.50. The van der Waals surface area contributed by atoms with Gasteiger partial charge in [-0.2, -0.15) is 0 Å². The molecule has 1 amide bonds. The molecule has 0 spiro atoms. The fraction of sp³-hybridized carbons (Fsp3) is 0.435. The molecule has 0 saturated heterocycles. The van der Waals surface area contributed by atoms with Gasteiger partial charge < -0.3 is 5.32 Å². The summed E-state index contributed by atoms with van der Waals surface area (Å²) in [5.41, 5.74) is 5.31. The Kier molecular flexibility index (Phi) is 7.11. The molecule has 1 atom stereocenters. The fourth-order valence-electron chi connectivity index (χ4n) is 3.47. The molecule has 0 radical (unpaired) electrons. The molecule has 158 valence electrons. The van der Waals surface area contributed by atoms with Crippen molar-refractivity contribution in [2.45, 2.75) is 59.9 Å². The van der Waals surface area contributed by atoms with Crippen LogP contribution in [0.5, 0.6) is 0 Å². The second-order valence-electron chi connectivity index (χ2n) is 7.93. The average Bonchev–Trinajstić information content (AvgIpc) is 2.62. The van der Waals surface area contributed by atoms with Crippen LogP contribution in [0, 0.1) is 20.8 Å². The lowest BCUT2D eigenvalue weighted by molar-refractivity contribution is -0.117. The summed E-state index contributed by atoms with van der Waals surface area (Å²) in [6, 6.07) is 10.5. The number of amides is 1. The number of carbonyl (C=O) groups is 1. The number of anilines is 2. The molecule has 1 unspecified atom stereocenters. The van der Waals surface area contributed by atoms with Crippen LogP contribution in [-0.2, 0) is 14.8 Å². The summed E-state index contributed by atoms with van der Waals surface area (Å²) in [7, 11) is -3.66. The van der Waals surface area contributed by atoms with Crippen molar-refractivity contribution in [3.8, 4) is 0 Å². The number of hydrogen-bond acceptors (Lipinski definition) is 3. The zero-order chi connectivity index (χ0) is 21.9. The Morgan fingerprint density at radius 2 is 1.69 bits per heavy atom. The van der Waals surface area contributed by atoms with E-state index in [0.29, 0.717) is 12.1 Å². The van der Waals surface area contributed by atoms with Crippen LogP contribution in [0.3, 0.4) is 0 Å². The minimum Gasteiger partial charge on any atom is -0.324 e. The summed E-state index contributed by atoms with van der Waals surface area (Å²) in [5, 5.41) is 3.01. The van der Waals surface area contributed by atoms with Crippen molar-refractivity contribution in [2.24, 2.45) is 0 Å². The molecule has 0 aliphatic rings. The summed E-state index contributed by atoms with van der Waals surface area (Å²) in [5.74, 6) is -0.0941. The van der Waals surface area contributed by atoms with E-state index in [1.54, 1.807) is 6.07 Å². The Labute approximate surface area is 175 Å². The highest BCUT2D eigenvalue weighted by Gasteiger charge is 2.32. The topological polar surface area (TPSA) is 66.5 Å². The van der Waals surface area contributed by atoms with Gasteiger partial charge in [-0.15, -0.1) is 0 Å². The van der Waals surface area contributed by atoms with E-state index < -0.39 is 16.1 Å². The van der Waals surface area contributed by atoms with E-state index in [2.05, 4.69) is 19.2 Å². The van der Waals surface area contributed by atoms with Crippen molar-refractivity contribution in [3.05, 3.63) is 58.7 Å². The van der Waals surface area contributed by atoms with Crippen molar-refractivity contribution >= 4 is 27.3 Å². The molecule has 29 heavy (non-hydrogen) atoms. The summed E-state index contributed by atoms with van der Waals surface area (Å²) in [6.45, 7) is 11.8. The molecule has 0 heterocycles. The van der Waals surface area contributed by atoms with E-state index in [9.17, 15) is 13.2 Å². The van der Waals surface area contributed by atoms with Crippen molar-refractivity contribution < 1.29 is 13.2 Å². The minimum atomic E-state index is -3.66. The van der Waals surface area contributed by atoms with Gasteiger partial charge >= 0.3 is 0 Å². The lowest BCUT2D eigenvalue weighted by Gasteiger charge is -2.31. The quantitative estimate of drug-likeness (QED) is 0.697. The van der Waals surface area contributed by atoms with Crippen molar-refractivity contribution in [1.82, 2.24) is 0 Å². The Balaban J connectivity index is 2.49. The number of para-hydroxylation sites is 1. The van der Waals surface area contributed by atoms with Crippen LogP contribution in [0.25, 0.3) is 0 Å². The van der Waals surface area contributed by atoms with Crippen LogP contribution in [0.2, 0.25) is 0 Å². The van der Waals surface area contributed by atoms with Gasteiger partial charge in [-0.25, -0.2) is 8.42 Å². The third kappa shape index (κ3) is 5.18. The minimum absolute atomic E-state index is 0.232. The van der Waals surface area contributed by atoms with E-state index in [4.69, 9.17) is 0 Å². The molecular formula is C23H32N2O3S.